The van der Waals surface area contributed by atoms with Crippen molar-refractivity contribution in [3.63, 3.8) is 0 Å². The molecule has 0 fully saturated rings. The molecule has 2 amide bonds. The standard InChI is InChI=1S/C18H14F3N3O2/c1-23-14-9-5-3-7-12(14)18(16(23)26)22-13-8-4-2-6-11(13)15(25)24(18)10-17(19,20)21/h2-9,22H,10H2,1H3. The van der Waals surface area contributed by atoms with Crippen LogP contribution < -0.4 is 10.2 Å². The first kappa shape index (κ1) is 16.4. The number of rotatable bonds is 1. The zero-order valence-electron chi connectivity index (χ0n) is 13.7. The minimum Gasteiger partial charge on any atom is -0.350 e. The van der Waals surface area contributed by atoms with Crippen LogP contribution in [0.3, 0.4) is 0 Å². The first-order valence-electron chi connectivity index (χ1n) is 7.89. The number of likely N-dealkylation sites (N-methyl/N-ethyl adjacent to an activating group) is 1. The molecule has 1 unspecified atom stereocenters. The Bertz CT molecular complexity index is 928. The van der Waals surface area contributed by atoms with Crippen molar-refractivity contribution in [2.75, 3.05) is 23.8 Å². The molecule has 0 saturated heterocycles. The van der Waals surface area contributed by atoms with Crippen molar-refractivity contribution in [1.29, 1.82) is 0 Å². The molecule has 1 atom stereocenters. The average Bonchev–Trinajstić information content (AvgIpc) is 2.81. The smallest absolute Gasteiger partial charge is 0.350 e. The highest BCUT2D eigenvalue weighted by Crippen LogP contribution is 2.48. The van der Waals surface area contributed by atoms with E-state index in [1.54, 1.807) is 42.5 Å². The van der Waals surface area contributed by atoms with E-state index in [-0.39, 0.29) is 5.56 Å². The highest BCUT2D eigenvalue weighted by Gasteiger charge is 2.60. The highest BCUT2D eigenvalue weighted by molar-refractivity contribution is 6.15. The summed E-state index contributed by atoms with van der Waals surface area (Å²) in [6, 6.07) is 12.8. The van der Waals surface area contributed by atoms with Crippen LogP contribution >= 0.6 is 0 Å². The Labute approximate surface area is 147 Å². The topological polar surface area (TPSA) is 52.7 Å². The lowest BCUT2D eigenvalue weighted by molar-refractivity contribution is -0.155. The van der Waals surface area contributed by atoms with Crippen LogP contribution in [-0.4, -0.2) is 36.5 Å². The van der Waals surface area contributed by atoms with Crippen molar-refractivity contribution in [2.24, 2.45) is 0 Å². The Hall–Kier alpha value is -3.03. The third kappa shape index (κ3) is 2.11. The number of hydrogen-bond donors (Lipinski definition) is 1. The summed E-state index contributed by atoms with van der Waals surface area (Å²) in [4.78, 5) is 27.9. The Balaban J connectivity index is 1.99. The van der Waals surface area contributed by atoms with Crippen molar-refractivity contribution in [2.45, 2.75) is 11.8 Å². The summed E-state index contributed by atoms with van der Waals surface area (Å²) < 4.78 is 39.8. The molecule has 1 spiro atoms. The van der Waals surface area contributed by atoms with Crippen LogP contribution in [0.4, 0.5) is 24.5 Å². The number of carbonyl (C=O) groups excluding carboxylic acids is 2. The first-order chi connectivity index (χ1) is 12.3. The Morgan fingerprint density at radius 3 is 2.42 bits per heavy atom. The van der Waals surface area contributed by atoms with E-state index < -0.39 is 30.2 Å². The van der Waals surface area contributed by atoms with Crippen LogP contribution in [0.15, 0.2) is 48.5 Å². The summed E-state index contributed by atoms with van der Waals surface area (Å²) in [5.41, 5.74) is -0.715. The van der Waals surface area contributed by atoms with Crippen molar-refractivity contribution < 1.29 is 22.8 Å². The van der Waals surface area contributed by atoms with E-state index in [4.69, 9.17) is 0 Å². The second kappa shape index (κ2) is 5.23. The molecule has 134 valence electrons. The number of alkyl halides is 3. The molecule has 2 heterocycles. The Kier molecular flexibility index (Phi) is 3.31. The number of amides is 2. The number of halogens is 3. The second-order valence-electron chi connectivity index (χ2n) is 6.27. The van der Waals surface area contributed by atoms with Crippen LogP contribution in [0.25, 0.3) is 0 Å². The number of nitrogens with one attached hydrogen (secondary N) is 1. The monoisotopic (exact) mass is 361 g/mol. The molecule has 2 aliphatic rings. The third-order valence-corrected chi connectivity index (χ3v) is 4.73. The van der Waals surface area contributed by atoms with Crippen molar-refractivity contribution in [1.82, 2.24) is 4.90 Å². The van der Waals surface area contributed by atoms with Crippen LogP contribution in [0.1, 0.15) is 15.9 Å². The molecule has 0 aliphatic carbocycles. The van der Waals surface area contributed by atoms with Crippen LogP contribution in [0, 0.1) is 0 Å². The molecule has 0 bridgehead atoms. The molecule has 2 aliphatic heterocycles. The predicted octanol–water partition coefficient (Wildman–Crippen LogP) is 2.95. The summed E-state index contributed by atoms with van der Waals surface area (Å²) in [5, 5.41) is 2.93. The van der Waals surface area contributed by atoms with Crippen molar-refractivity contribution in [3.8, 4) is 0 Å². The second-order valence-corrected chi connectivity index (χ2v) is 6.27. The van der Waals surface area contributed by atoms with Gasteiger partial charge in [0.2, 0.25) is 5.66 Å². The molecule has 8 heteroatoms. The Morgan fingerprint density at radius 1 is 1.04 bits per heavy atom. The molecule has 0 saturated carbocycles. The van der Waals surface area contributed by atoms with E-state index in [9.17, 15) is 22.8 Å². The van der Waals surface area contributed by atoms with Gasteiger partial charge in [-0.3, -0.25) is 14.5 Å². The van der Waals surface area contributed by atoms with Gasteiger partial charge in [0, 0.05) is 18.3 Å². The molecule has 1 N–H and O–H groups in total. The fourth-order valence-corrected chi connectivity index (χ4v) is 3.63. The summed E-state index contributed by atoms with van der Waals surface area (Å²) >= 11 is 0. The normalized spacial score (nSPS) is 21.7. The number of fused-ring (bicyclic) bond motifs is 3. The molecule has 0 aromatic heterocycles. The number of nitrogens with zero attached hydrogens (tertiary/aromatic N) is 2. The van der Waals surface area contributed by atoms with Crippen LogP contribution in [0.5, 0.6) is 0 Å². The maximum Gasteiger partial charge on any atom is 0.406 e. The molecule has 0 radical (unpaired) electrons. The lowest BCUT2D eigenvalue weighted by Gasteiger charge is -2.45. The van der Waals surface area contributed by atoms with Gasteiger partial charge in [-0.15, -0.1) is 0 Å². The van der Waals surface area contributed by atoms with E-state index >= 15 is 0 Å². The minimum atomic E-state index is -4.66. The highest BCUT2D eigenvalue weighted by atomic mass is 19.4. The molecular formula is C18H14F3N3O2. The van der Waals surface area contributed by atoms with Gasteiger partial charge in [-0.2, -0.15) is 13.2 Å². The maximum atomic E-state index is 13.3. The molecule has 2 aromatic rings. The quantitative estimate of drug-likeness (QED) is 0.850. The molecule has 5 nitrogen and oxygen atoms in total. The summed E-state index contributed by atoms with van der Waals surface area (Å²) in [5.74, 6) is -1.47. The SMILES string of the molecule is CN1C(=O)C2(Nc3ccccc3C(=O)N2CC(F)(F)F)c2ccccc21. The number of benzene rings is 2. The minimum absolute atomic E-state index is 0.0993. The zero-order valence-corrected chi connectivity index (χ0v) is 13.7. The van der Waals surface area contributed by atoms with Crippen LogP contribution in [0.2, 0.25) is 0 Å². The first-order valence-corrected chi connectivity index (χ1v) is 7.89. The van der Waals surface area contributed by atoms with Gasteiger partial charge in [0.1, 0.15) is 6.54 Å². The molecule has 26 heavy (non-hydrogen) atoms. The van der Waals surface area contributed by atoms with E-state index in [0.717, 1.165) is 0 Å². The molecular weight excluding hydrogens is 347 g/mol. The van der Waals surface area contributed by atoms with Gasteiger partial charge < -0.3 is 10.2 Å². The summed E-state index contributed by atoms with van der Waals surface area (Å²) in [6.45, 7) is -1.54. The third-order valence-electron chi connectivity index (χ3n) is 4.73. The molecule has 4 rings (SSSR count). The van der Waals surface area contributed by atoms with Crippen molar-refractivity contribution in [3.05, 3.63) is 59.7 Å². The average molecular weight is 361 g/mol. The Morgan fingerprint density at radius 2 is 1.69 bits per heavy atom. The number of anilines is 2. The maximum absolute atomic E-state index is 13.3. The van der Waals surface area contributed by atoms with E-state index in [1.165, 1.54) is 18.0 Å². The van der Waals surface area contributed by atoms with Gasteiger partial charge in [-0.05, 0) is 18.2 Å². The van der Waals surface area contributed by atoms with Crippen molar-refractivity contribution >= 4 is 23.2 Å². The summed E-state index contributed by atoms with van der Waals surface area (Å²) in [7, 11) is 1.48. The lowest BCUT2D eigenvalue weighted by atomic mass is 9.93. The van der Waals surface area contributed by atoms with E-state index in [1.807, 2.05) is 0 Å². The molecule has 2 aromatic carbocycles. The largest absolute Gasteiger partial charge is 0.406 e. The van der Waals surface area contributed by atoms with Gasteiger partial charge >= 0.3 is 6.18 Å². The number of carbonyl (C=O) groups is 2. The van der Waals surface area contributed by atoms with Gasteiger partial charge in [-0.1, -0.05) is 30.3 Å². The van der Waals surface area contributed by atoms with E-state index in [0.29, 0.717) is 21.8 Å². The van der Waals surface area contributed by atoms with E-state index in [2.05, 4.69) is 5.32 Å². The van der Waals surface area contributed by atoms with Gasteiger partial charge in [0.25, 0.3) is 11.8 Å². The van der Waals surface area contributed by atoms with Gasteiger partial charge in [0.15, 0.2) is 0 Å². The fraction of sp³-hybridized carbons (Fsp3) is 0.222. The fourth-order valence-electron chi connectivity index (χ4n) is 3.63. The van der Waals surface area contributed by atoms with Gasteiger partial charge in [-0.25, -0.2) is 0 Å². The number of para-hydroxylation sites is 2. The number of hydrogen-bond acceptors (Lipinski definition) is 3. The zero-order chi connectivity index (χ0) is 18.7. The predicted molar refractivity (Wildman–Crippen MR) is 88.7 cm³/mol. The van der Waals surface area contributed by atoms with Crippen LogP contribution in [-0.2, 0) is 10.5 Å². The lowest BCUT2D eigenvalue weighted by Crippen LogP contribution is -2.64. The summed E-state index contributed by atoms with van der Waals surface area (Å²) in [6.07, 6.45) is -4.66. The van der Waals surface area contributed by atoms with Gasteiger partial charge in [0.05, 0.1) is 11.3 Å².